The minimum absolute atomic E-state index is 0.571. The molecule has 0 unspecified atom stereocenters. The van der Waals surface area contributed by atoms with Gasteiger partial charge < -0.3 is 19.3 Å². The van der Waals surface area contributed by atoms with Gasteiger partial charge in [-0.2, -0.15) is 23.5 Å². The van der Waals surface area contributed by atoms with Gasteiger partial charge in [-0.25, -0.2) is 4.79 Å². The molecule has 1 aromatic carbocycles. The molecular weight excluding hydrogens is 348 g/mol. The highest BCUT2D eigenvalue weighted by Gasteiger charge is 2.07. The summed E-state index contributed by atoms with van der Waals surface area (Å²) in [4.78, 5) is 10.6. The van der Waals surface area contributed by atoms with Crippen molar-refractivity contribution < 1.29 is 24.1 Å². The zero-order valence-corrected chi connectivity index (χ0v) is 15.1. The molecule has 132 valence electrons. The Balaban J connectivity index is 2.04. The van der Waals surface area contributed by atoms with Gasteiger partial charge in [0.2, 0.25) is 0 Å². The quantitative estimate of drug-likeness (QED) is 0.803. The number of carboxylic acid groups (broad SMARTS) is 1. The Bertz CT molecular complexity index is 548. The molecule has 0 fully saturated rings. The van der Waals surface area contributed by atoms with E-state index in [4.69, 9.17) is 19.3 Å². The minimum Gasteiger partial charge on any atom is -0.489 e. The highest BCUT2D eigenvalue weighted by Crippen LogP contribution is 2.29. The molecule has 1 aromatic rings. The molecule has 1 heterocycles. The second-order valence-corrected chi connectivity index (χ2v) is 7.36. The SMILES string of the molecule is O=C(O)/C=C/c1ccc2c(c1)OCCSCCOCCSCCO2. The Morgan fingerprint density at radius 3 is 2.25 bits per heavy atom. The Kier molecular flexibility index (Phi) is 8.94. The van der Waals surface area contributed by atoms with Crippen LogP contribution in [0.3, 0.4) is 0 Å². The Morgan fingerprint density at radius 2 is 1.58 bits per heavy atom. The van der Waals surface area contributed by atoms with Crippen LogP contribution in [0, 0.1) is 0 Å². The number of benzene rings is 1. The van der Waals surface area contributed by atoms with Crippen molar-refractivity contribution in [3.63, 3.8) is 0 Å². The molecule has 1 N–H and O–H groups in total. The van der Waals surface area contributed by atoms with Crippen molar-refractivity contribution in [2.75, 3.05) is 49.4 Å². The summed E-state index contributed by atoms with van der Waals surface area (Å²) in [6, 6.07) is 5.47. The third-order valence-electron chi connectivity index (χ3n) is 3.10. The van der Waals surface area contributed by atoms with Crippen LogP contribution in [0.4, 0.5) is 0 Å². The van der Waals surface area contributed by atoms with Crippen molar-refractivity contribution in [2.24, 2.45) is 0 Å². The number of carboxylic acids is 1. The lowest BCUT2D eigenvalue weighted by Crippen LogP contribution is -2.05. The molecule has 24 heavy (non-hydrogen) atoms. The number of thioether (sulfide) groups is 2. The summed E-state index contributed by atoms with van der Waals surface area (Å²) in [5.41, 5.74) is 0.771. The lowest BCUT2D eigenvalue weighted by molar-refractivity contribution is -0.131. The molecule has 0 bridgehead atoms. The number of ether oxygens (including phenoxy) is 3. The van der Waals surface area contributed by atoms with Gasteiger partial charge in [-0.3, -0.25) is 0 Å². The van der Waals surface area contributed by atoms with E-state index in [1.165, 1.54) is 0 Å². The molecule has 0 radical (unpaired) electrons. The highest BCUT2D eigenvalue weighted by molar-refractivity contribution is 7.99. The Morgan fingerprint density at radius 1 is 0.958 bits per heavy atom. The number of carbonyl (C=O) groups is 1. The molecule has 2 rings (SSSR count). The van der Waals surface area contributed by atoms with Crippen molar-refractivity contribution >= 4 is 35.6 Å². The van der Waals surface area contributed by atoms with Crippen LogP contribution in [0.5, 0.6) is 11.5 Å². The molecule has 0 amide bonds. The molecule has 0 saturated carbocycles. The van der Waals surface area contributed by atoms with E-state index in [2.05, 4.69) is 0 Å². The normalized spacial score (nSPS) is 17.8. The van der Waals surface area contributed by atoms with E-state index < -0.39 is 5.97 Å². The van der Waals surface area contributed by atoms with Crippen molar-refractivity contribution in [3.8, 4) is 11.5 Å². The van der Waals surface area contributed by atoms with Gasteiger partial charge >= 0.3 is 5.97 Å². The van der Waals surface area contributed by atoms with Gasteiger partial charge in [0.25, 0.3) is 0 Å². The maximum Gasteiger partial charge on any atom is 0.328 e. The van der Waals surface area contributed by atoms with E-state index in [9.17, 15) is 4.79 Å². The van der Waals surface area contributed by atoms with Crippen molar-refractivity contribution in [1.29, 1.82) is 0 Å². The summed E-state index contributed by atoms with van der Waals surface area (Å²) < 4.78 is 17.2. The maximum atomic E-state index is 10.6. The fourth-order valence-electron chi connectivity index (χ4n) is 1.99. The molecular formula is C17H22O5S2. The molecule has 0 aromatic heterocycles. The van der Waals surface area contributed by atoms with Crippen molar-refractivity contribution in [1.82, 2.24) is 0 Å². The van der Waals surface area contributed by atoms with Crippen molar-refractivity contribution in [3.05, 3.63) is 29.8 Å². The predicted molar refractivity (Wildman–Crippen MR) is 99.6 cm³/mol. The minimum atomic E-state index is -0.973. The summed E-state index contributed by atoms with van der Waals surface area (Å²) in [6.07, 6.45) is 2.66. The average molecular weight is 370 g/mol. The zero-order chi connectivity index (χ0) is 17.0. The molecule has 0 atom stereocenters. The summed E-state index contributed by atoms with van der Waals surface area (Å²) in [6.45, 7) is 2.71. The summed E-state index contributed by atoms with van der Waals surface area (Å²) >= 11 is 3.59. The fraction of sp³-hybridized carbons (Fsp3) is 0.471. The molecule has 5 nitrogen and oxygen atoms in total. The largest absolute Gasteiger partial charge is 0.489 e. The average Bonchev–Trinajstić information content (AvgIpc) is 2.58. The van der Waals surface area contributed by atoms with E-state index in [1.807, 2.05) is 18.2 Å². The first-order valence-electron chi connectivity index (χ1n) is 7.79. The first kappa shape index (κ1) is 19.0. The first-order chi connectivity index (χ1) is 11.8. The topological polar surface area (TPSA) is 65.0 Å². The smallest absolute Gasteiger partial charge is 0.328 e. The third-order valence-corrected chi connectivity index (χ3v) is 4.92. The van der Waals surface area contributed by atoms with Crippen LogP contribution in [-0.4, -0.2) is 60.5 Å². The highest BCUT2D eigenvalue weighted by atomic mass is 32.2. The van der Waals surface area contributed by atoms with Crippen LogP contribution >= 0.6 is 23.5 Å². The zero-order valence-electron chi connectivity index (χ0n) is 13.4. The monoisotopic (exact) mass is 370 g/mol. The lowest BCUT2D eigenvalue weighted by Gasteiger charge is -2.13. The van der Waals surface area contributed by atoms with Crippen molar-refractivity contribution in [2.45, 2.75) is 0 Å². The summed E-state index contributed by atoms with van der Waals surface area (Å²) in [7, 11) is 0. The van der Waals surface area contributed by atoms with Gasteiger partial charge in [0, 0.05) is 29.1 Å². The molecule has 0 spiro atoms. The Hall–Kier alpha value is -1.31. The maximum absolute atomic E-state index is 10.6. The number of rotatable bonds is 2. The lowest BCUT2D eigenvalue weighted by atomic mass is 10.2. The molecule has 1 aliphatic rings. The molecule has 0 aliphatic carbocycles. The van der Waals surface area contributed by atoms with Crippen LogP contribution in [0.2, 0.25) is 0 Å². The molecule has 7 heteroatoms. The van der Waals surface area contributed by atoms with E-state index >= 15 is 0 Å². The number of hydrogen-bond donors (Lipinski definition) is 1. The predicted octanol–water partition coefficient (Wildman–Crippen LogP) is 3.04. The molecule has 0 saturated heterocycles. The van der Waals surface area contributed by atoms with Crippen LogP contribution in [-0.2, 0) is 9.53 Å². The van der Waals surface area contributed by atoms with Gasteiger partial charge in [0.15, 0.2) is 11.5 Å². The number of hydrogen-bond acceptors (Lipinski definition) is 6. The first-order valence-corrected chi connectivity index (χ1v) is 10.1. The number of fused-ring (bicyclic) bond motifs is 1. The molecule has 1 aliphatic heterocycles. The summed E-state index contributed by atoms with van der Waals surface area (Å²) in [5.74, 6) is 4.05. The second kappa shape index (κ2) is 11.3. The second-order valence-electron chi connectivity index (χ2n) is 4.91. The van der Waals surface area contributed by atoms with Gasteiger partial charge in [0.1, 0.15) is 0 Å². The third kappa shape index (κ3) is 7.51. The van der Waals surface area contributed by atoms with Crippen LogP contribution in [0.15, 0.2) is 24.3 Å². The van der Waals surface area contributed by atoms with E-state index in [1.54, 1.807) is 29.6 Å². The van der Waals surface area contributed by atoms with Crippen LogP contribution < -0.4 is 9.47 Å². The van der Waals surface area contributed by atoms with Crippen LogP contribution in [0.25, 0.3) is 6.08 Å². The fourth-order valence-corrected chi connectivity index (χ4v) is 3.27. The van der Waals surface area contributed by atoms with Gasteiger partial charge in [0.05, 0.1) is 26.4 Å². The van der Waals surface area contributed by atoms with Gasteiger partial charge in [-0.15, -0.1) is 0 Å². The van der Waals surface area contributed by atoms with E-state index in [-0.39, 0.29) is 0 Å². The van der Waals surface area contributed by atoms with Gasteiger partial charge in [-0.1, -0.05) is 6.07 Å². The Labute approximate surface area is 150 Å². The summed E-state index contributed by atoms with van der Waals surface area (Å²) in [5, 5.41) is 8.74. The standard InChI is InChI=1S/C17H22O5S2/c18-17(19)4-2-14-1-3-15-16(13-14)22-8-12-24-10-6-20-5-9-23-11-7-21-15/h1-4,13H,5-12H2,(H,18,19)/b4-2+. The van der Waals surface area contributed by atoms with Gasteiger partial charge in [-0.05, 0) is 23.8 Å². The number of aliphatic carboxylic acids is 1. The van der Waals surface area contributed by atoms with Crippen LogP contribution in [0.1, 0.15) is 5.56 Å². The van der Waals surface area contributed by atoms with E-state index in [0.29, 0.717) is 24.7 Å². The van der Waals surface area contributed by atoms with E-state index in [0.717, 1.165) is 47.9 Å².